The summed E-state index contributed by atoms with van der Waals surface area (Å²) in [6, 6.07) is 58.9. The number of hydrogen-bond acceptors (Lipinski definition) is 1. The molecule has 0 spiro atoms. The zero-order valence-corrected chi connectivity index (χ0v) is 32.2. The van der Waals surface area contributed by atoms with Gasteiger partial charge in [0.05, 0.1) is 33.3 Å². The predicted octanol–water partition coefficient (Wildman–Crippen LogP) is 13.3. The lowest BCUT2D eigenvalue weighted by Crippen LogP contribution is -2.33. The molecule has 0 radical (unpaired) electrons. The van der Waals surface area contributed by atoms with Crippen molar-refractivity contribution in [2.75, 3.05) is 7.05 Å². The Morgan fingerprint density at radius 3 is 1.95 bits per heavy atom. The van der Waals surface area contributed by atoms with Gasteiger partial charge in [-0.3, -0.25) is 0 Å². The number of aryl methyl sites for hydroxylation is 2. The molecule has 56 heavy (non-hydrogen) atoms. The zero-order valence-electron chi connectivity index (χ0n) is 32.2. The van der Waals surface area contributed by atoms with Crippen LogP contribution in [0.5, 0.6) is 0 Å². The van der Waals surface area contributed by atoms with Crippen molar-refractivity contribution in [3.63, 3.8) is 0 Å². The molecule has 270 valence electrons. The number of amidine groups is 1. The molecule has 6 aromatic carbocycles. The molecule has 1 unspecified atom stereocenters. The van der Waals surface area contributed by atoms with Crippen molar-refractivity contribution >= 4 is 60.7 Å². The molecule has 0 aliphatic carbocycles. The second-order valence-electron chi connectivity index (χ2n) is 15.1. The molecule has 0 saturated carbocycles. The fraction of sp³-hybridized carbons (Fsp3) is 0.0962. The minimum atomic E-state index is -0.125. The minimum Gasteiger partial charge on any atom is -0.339 e. The summed E-state index contributed by atoms with van der Waals surface area (Å²) in [5, 5.41) is 5.03. The highest BCUT2D eigenvalue weighted by Crippen LogP contribution is 2.46. The molecule has 0 amide bonds. The molecular formula is C52H42N4. The number of rotatable bonds is 7. The van der Waals surface area contributed by atoms with Gasteiger partial charge in [-0.05, 0) is 90.0 Å². The van der Waals surface area contributed by atoms with Crippen molar-refractivity contribution in [2.45, 2.75) is 26.9 Å². The van der Waals surface area contributed by atoms with E-state index < -0.39 is 0 Å². The van der Waals surface area contributed by atoms with E-state index in [9.17, 15) is 0 Å². The first kappa shape index (κ1) is 33.6. The summed E-state index contributed by atoms with van der Waals surface area (Å²) in [5.41, 5.74) is 16.4. The number of hydrogen-bond donors (Lipinski definition) is 0. The van der Waals surface area contributed by atoms with E-state index in [1.54, 1.807) is 0 Å². The molecule has 1 atom stereocenters. The van der Waals surface area contributed by atoms with Crippen LogP contribution in [0.1, 0.15) is 35.3 Å². The summed E-state index contributed by atoms with van der Waals surface area (Å²) in [4.78, 5) is 7.58. The fourth-order valence-electron chi connectivity index (χ4n) is 8.87. The van der Waals surface area contributed by atoms with Crippen LogP contribution in [-0.2, 0) is 0 Å². The Labute approximate surface area is 327 Å². The van der Waals surface area contributed by atoms with Crippen LogP contribution >= 0.6 is 0 Å². The van der Waals surface area contributed by atoms with E-state index in [-0.39, 0.29) is 6.17 Å². The Hall–Kier alpha value is -6.91. The van der Waals surface area contributed by atoms with E-state index in [1.807, 2.05) is 18.2 Å². The number of nitrogens with zero attached hydrogens (tertiary/aromatic N) is 4. The van der Waals surface area contributed by atoms with Gasteiger partial charge in [-0.1, -0.05) is 140 Å². The largest absolute Gasteiger partial charge is 0.339 e. The third-order valence-electron chi connectivity index (χ3n) is 11.8. The van der Waals surface area contributed by atoms with E-state index in [0.717, 1.165) is 22.7 Å². The average Bonchev–Trinajstić information content (AvgIpc) is 3.88. The van der Waals surface area contributed by atoms with Gasteiger partial charge in [0.2, 0.25) is 0 Å². The Balaban J connectivity index is 1.23. The van der Waals surface area contributed by atoms with Gasteiger partial charge < -0.3 is 13.9 Å². The molecule has 4 heterocycles. The highest BCUT2D eigenvalue weighted by Gasteiger charge is 2.28. The standard InChI is InChI=1S/C52H42N4/c1-33-17-12-13-22-41(33)44-31-39(28-27-34(44)2)40-29-30-47-45(32-40)49-48-26-16-25-46-42-23-14-15-24-43(42)50(56(46)48)51(49)55(47)36(4)54(5)52(38-20-10-7-11-21-38)53-35(3)37-18-8-6-9-19-37/h6-32,36H,3H2,1-2,4-5H3. The first-order chi connectivity index (χ1) is 27.4. The van der Waals surface area contributed by atoms with Crippen molar-refractivity contribution in [1.29, 1.82) is 0 Å². The van der Waals surface area contributed by atoms with Crippen LogP contribution in [0.2, 0.25) is 0 Å². The van der Waals surface area contributed by atoms with Crippen molar-refractivity contribution in [3.8, 4) is 22.3 Å². The first-order valence-corrected chi connectivity index (χ1v) is 19.4. The molecule has 4 nitrogen and oxygen atoms in total. The maximum absolute atomic E-state index is 5.27. The molecule has 0 bridgehead atoms. The lowest BCUT2D eigenvalue weighted by atomic mass is 9.92. The Bertz CT molecular complexity index is 3140. The highest BCUT2D eigenvalue weighted by atomic mass is 15.3. The van der Waals surface area contributed by atoms with E-state index in [0.29, 0.717) is 0 Å². The Kier molecular flexibility index (Phi) is 7.89. The maximum Gasteiger partial charge on any atom is 0.137 e. The smallest absolute Gasteiger partial charge is 0.137 e. The maximum atomic E-state index is 5.27. The molecule has 10 aromatic rings. The van der Waals surface area contributed by atoms with Gasteiger partial charge in [0.1, 0.15) is 12.0 Å². The molecule has 0 fully saturated rings. The topological polar surface area (TPSA) is 24.9 Å². The third-order valence-corrected chi connectivity index (χ3v) is 11.8. The zero-order chi connectivity index (χ0) is 38.1. The summed E-state index contributed by atoms with van der Waals surface area (Å²) >= 11 is 0. The second kappa shape index (κ2) is 13.1. The number of aliphatic imine (C=N–C) groups is 1. The molecule has 4 heteroatoms. The minimum absolute atomic E-state index is 0.125. The predicted molar refractivity (Wildman–Crippen MR) is 238 cm³/mol. The van der Waals surface area contributed by atoms with Gasteiger partial charge >= 0.3 is 0 Å². The van der Waals surface area contributed by atoms with Gasteiger partial charge in [-0.2, -0.15) is 0 Å². The lowest BCUT2D eigenvalue weighted by Gasteiger charge is -2.31. The van der Waals surface area contributed by atoms with Crippen LogP contribution < -0.4 is 0 Å². The Morgan fingerprint density at radius 1 is 0.554 bits per heavy atom. The van der Waals surface area contributed by atoms with Gasteiger partial charge in [0.15, 0.2) is 0 Å². The summed E-state index contributed by atoms with van der Waals surface area (Å²) in [5.74, 6) is 0.864. The molecular weight excluding hydrogens is 681 g/mol. The van der Waals surface area contributed by atoms with Crippen molar-refractivity contribution in [3.05, 3.63) is 193 Å². The monoisotopic (exact) mass is 722 g/mol. The third kappa shape index (κ3) is 5.17. The van der Waals surface area contributed by atoms with Crippen LogP contribution in [0.25, 0.3) is 77.1 Å². The van der Waals surface area contributed by atoms with E-state index in [1.165, 1.54) is 82.5 Å². The van der Waals surface area contributed by atoms with Crippen molar-refractivity contribution in [2.24, 2.45) is 4.99 Å². The number of fused-ring (bicyclic) bond motifs is 8. The normalized spacial score (nSPS) is 12.8. The average molecular weight is 723 g/mol. The first-order valence-electron chi connectivity index (χ1n) is 19.4. The number of pyridine rings is 1. The molecule has 0 aliphatic rings. The lowest BCUT2D eigenvalue weighted by molar-refractivity contribution is 0.316. The van der Waals surface area contributed by atoms with Crippen LogP contribution in [-0.4, -0.2) is 26.8 Å². The summed E-state index contributed by atoms with van der Waals surface area (Å²) in [6.07, 6.45) is -0.125. The molecule has 0 aliphatic heterocycles. The highest BCUT2D eigenvalue weighted by molar-refractivity contribution is 6.29. The number of aromatic nitrogens is 2. The SMILES string of the molecule is C=C(N=C(c1ccccc1)N(C)C(C)n1c2ccc(-c3ccc(C)c(-c4ccccc4C)c3)cc2c2c1c1c3ccccc3c3cccc2n31)c1ccccc1. The quantitative estimate of drug-likeness (QED) is 0.119. The van der Waals surface area contributed by atoms with Crippen LogP contribution in [0.15, 0.2) is 175 Å². The summed E-state index contributed by atoms with van der Waals surface area (Å²) in [7, 11) is 2.16. The van der Waals surface area contributed by atoms with Crippen LogP contribution in [0.4, 0.5) is 0 Å². The van der Waals surface area contributed by atoms with Gasteiger partial charge in [0, 0.05) is 34.2 Å². The molecule has 0 N–H and O–H groups in total. The summed E-state index contributed by atoms with van der Waals surface area (Å²) in [6.45, 7) is 11.1. The second-order valence-corrected chi connectivity index (χ2v) is 15.1. The molecule has 0 saturated heterocycles. The van der Waals surface area contributed by atoms with Crippen molar-refractivity contribution in [1.82, 2.24) is 13.9 Å². The van der Waals surface area contributed by atoms with Crippen LogP contribution in [0, 0.1) is 13.8 Å². The van der Waals surface area contributed by atoms with E-state index >= 15 is 0 Å². The molecule has 10 rings (SSSR count). The van der Waals surface area contributed by atoms with Gasteiger partial charge in [-0.15, -0.1) is 0 Å². The van der Waals surface area contributed by atoms with Crippen molar-refractivity contribution < 1.29 is 0 Å². The van der Waals surface area contributed by atoms with E-state index in [4.69, 9.17) is 4.99 Å². The van der Waals surface area contributed by atoms with Gasteiger partial charge in [0.25, 0.3) is 0 Å². The summed E-state index contributed by atoms with van der Waals surface area (Å²) < 4.78 is 5.02. The van der Waals surface area contributed by atoms with Crippen LogP contribution in [0.3, 0.4) is 0 Å². The fourth-order valence-corrected chi connectivity index (χ4v) is 8.87. The number of benzene rings is 6. The molecule has 4 aromatic heterocycles. The van der Waals surface area contributed by atoms with E-state index in [2.05, 4.69) is 194 Å². The Morgan fingerprint density at radius 2 is 1.18 bits per heavy atom. The van der Waals surface area contributed by atoms with Gasteiger partial charge in [-0.25, -0.2) is 4.99 Å².